The van der Waals surface area contributed by atoms with Crippen molar-refractivity contribution in [2.75, 3.05) is 0 Å². The lowest BCUT2D eigenvalue weighted by Crippen LogP contribution is -1.93. The molecule has 0 aliphatic rings. The number of aromatic nitrogens is 3. The molecule has 0 unspecified atom stereocenters. The first-order valence-corrected chi connectivity index (χ1v) is 6.28. The minimum absolute atomic E-state index is 0.296. The third-order valence-corrected chi connectivity index (χ3v) is 2.93. The van der Waals surface area contributed by atoms with E-state index < -0.39 is 0 Å². The molecule has 94 valence electrons. The molecule has 0 saturated carbocycles. The van der Waals surface area contributed by atoms with Crippen molar-refractivity contribution in [3.05, 3.63) is 54.5 Å². The Morgan fingerprint density at radius 3 is 2.68 bits per heavy atom. The Morgan fingerprint density at radius 2 is 1.89 bits per heavy atom. The lowest BCUT2D eigenvalue weighted by molar-refractivity contribution is 0.442. The number of alkyl halides is 1. The third kappa shape index (κ3) is 2.63. The molecule has 0 N–H and O–H groups in total. The molecule has 5 heteroatoms. The highest BCUT2D eigenvalue weighted by Crippen LogP contribution is 2.22. The molecule has 4 nitrogen and oxygen atoms in total. The number of fused-ring (bicyclic) bond motifs is 1. The summed E-state index contributed by atoms with van der Waals surface area (Å²) in [5, 5.41) is 1.06. The van der Waals surface area contributed by atoms with E-state index in [0.717, 1.165) is 16.5 Å². The van der Waals surface area contributed by atoms with Gasteiger partial charge in [-0.05, 0) is 18.2 Å². The summed E-state index contributed by atoms with van der Waals surface area (Å²) in [5.74, 6) is 1.05. The summed E-state index contributed by atoms with van der Waals surface area (Å²) in [7, 11) is 0. The van der Waals surface area contributed by atoms with E-state index in [-0.39, 0.29) is 0 Å². The van der Waals surface area contributed by atoms with E-state index in [1.165, 1.54) is 0 Å². The fraction of sp³-hybridized carbons (Fsp3) is 0.0714. The van der Waals surface area contributed by atoms with Gasteiger partial charge in [-0.1, -0.05) is 6.07 Å². The van der Waals surface area contributed by atoms with Crippen LogP contribution in [0.25, 0.3) is 10.9 Å². The maximum absolute atomic E-state index is 5.68. The third-order valence-electron chi connectivity index (χ3n) is 2.62. The van der Waals surface area contributed by atoms with E-state index in [9.17, 15) is 0 Å². The van der Waals surface area contributed by atoms with E-state index >= 15 is 0 Å². The Kier molecular flexibility index (Phi) is 3.25. The van der Waals surface area contributed by atoms with Gasteiger partial charge in [-0.2, -0.15) is 0 Å². The van der Waals surface area contributed by atoms with E-state index in [0.29, 0.717) is 17.6 Å². The zero-order valence-electron chi connectivity index (χ0n) is 9.95. The highest BCUT2D eigenvalue weighted by atomic mass is 35.5. The number of ether oxygens (including phenoxy) is 1. The fourth-order valence-electron chi connectivity index (χ4n) is 1.68. The minimum Gasteiger partial charge on any atom is -0.424 e. The second-order valence-electron chi connectivity index (χ2n) is 3.97. The van der Waals surface area contributed by atoms with Crippen molar-refractivity contribution in [1.29, 1.82) is 0 Å². The van der Waals surface area contributed by atoms with Crippen LogP contribution in [0.5, 0.6) is 11.8 Å². The van der Waals surface area contributed by atoms with Crippen molar-refractivity contribution in [2.24, 2.45) is 0 Å². The molecular formula is C14H10ClN3O. The van der Waals surface area contributed by atoms with Crippen LogP contribution in [0.1, 0.15) is 5.56 Å². The largest absolute Gasteiger partial charge is 0.424 e. The van der Waals surface area contributed by atoms with Crippen LogP contribution in [-0.4, -0.2) is 15.0 Å². The quantitative estimate of drug-likeness (QED) is 0.684. The lowest BCUT2D eigenvalue weighted by Gasteiger charge is -2.04. The highest BCUT2D eigenvalue weighted by molar-refractivity contribution is 6.17. The molecule has 1 aromatic carbocycles. The molecule has 19 heavy (non-hydrogen) atoms. The van der Waals surface area contributed by atoms with Gasteiger partial charge in [0.15, 0.2) is 0 Å². The van der Waals surface area contributed by atoms with Crippen LogP contribution in [0.4, 0.5) is 0 Å². The zero-order valence-corrected chi connectivity index (χ0v) is 10.7. The highest BCUT2D eigenvalue weighted by Gasteiger charge is 2.02. The van der Waals surface area contributed by atoms with Gasteiger partial charge in [0.2, 0.25) is 0 Å². The Morgan fingerprint density at radius 1 is 1.05 bits per heavy atom. The number of halogens is 1. The van der Waals surface area contributed by atoms with Crippen molar-refractivity contribution in [3.8, 4) is 11.8 Å². The predicted octanol–water partition coefficient (Wildman–Crippen LogP) is 3.56. The first-order chi connectivity index (χ1) is 9.35. The van der Waals surface area contributed by atoms with Gasteiger partial charge in [0.25, 0.3) is 0 Å². The van der Waals surface area contributed by atoms with Crippen molar-refractivity contribution in [1.82, 2.24) is 15.0 Å². The Bertz CT molecular complexity index is 700. The molecular weight excluding hydrogens is 262 g/mol. The van der Waals surface area contributed by atoms with Crippen molar-refractivity contribution < 1.29 is 4.74 Å². The second kappa shape index (κ2) is 5.20. The predicted molar refractivity (Wildman–Crippen MR) is 73.4 cm³/mol. The SMILES string of the molecule is ClCc1cnc(Oc2ccc3cccnc3c2)nc1. The molecule has 0 radical (unpaired) electrons. The second-order valence-corrected chi connectivity index (χ2v) is 4.23. The molecule has 2 aromatic heterocycles. The summed E-state index contributed by atoms with van der Waals surface area (Å²) in [6, 6.07) is 9.86. The zero-order chi connectivity index (χ0) is 13.1. The van der Waals surface area contributed by atoms with Gasteiger partial charge in [-0.25, -0.2) is 9.97 Å². The molecule has 3 aromatic rings. The summed E-state index contributed by atoms with van der Waals surface area (Å²) in [6.45, 7) is 0. The summed E-state index contributed by atoms with van der Waals surface area (Å²) in [5.41, 5.74) is 1.73. The molecule has 0 aliphatic carbocycles. The standard InChI is InChI=1S/C14H10ClN3O/c15-7-10-8-17-14(18-9-10)19-12-4-3-11-2-1-5-16-13(11)6-12/h1-6,8-9H,7H2. The Hall–Kier alpha value is -2.20. The first-order valence-electron chi connectivity index (χ1n) is 5.75. The van der Waals surface area contributed by atoms with Gasteiger partial charge in [-0.15, -0.1) is 11.6 Å². The lowest BCUT2D eigenvalue weighted by atomic mass is 10.2. The Balaban J connectivity index is 1.87. The van der Waals surface area contributed by atoms with Crippen molar-refractivity contribution >= 4 is 22.5 Å². The van der Waals surface area contributed by atoms with E-state index in [2.05, 4.69) is 15.0 Å². The smallest absolute Gasteiger partial charge is 0.321 e. The molecule has 0 bridgehead atoms. The van der Waals surface area contributed by atoms with E-state index in [1.807, 2.05) is 30.3 Å². The van der Waals surface area contributed by atoms with Crippen molar-refractivity contribution in [2.45, 2.75) is 5.88 Å². The van der Waals surface area contributed by atoms with Gasteiger partial charge >= 0.3 is 6.01 Å². The molecule has 0 saturated heterocycles. The van der Waals surface area contributed by atoms with E-state index in [1.54, 1.807) is 18.6 Å². The van der Waals surface area contributed by atoms with Crippen LogP contribution in [0, 0.1) is 0 Å². The van der Waals surface area contributed by atoms with Crippen molar-refractivity contribution in [3.63, 3.8) is 0 Å². The monoisotopic (exact) mass is 271 g/mol. The maximum atomic E-state index is 5.68. The number of benzene rings is 1. The van der Waals surface area contributed by atoms with Crippen LogP contribution >= 0.6 is 11.6 Å². The van der Waals surface area contributed by atoms with Crippen LogP contribution in [0.15, 0.2) is 48.9 Å². The van der Waals surface area contributed by atoms with Crippen LogP contribution in [-0.2, 0) is 5.88 Å². The molecule has 0 fully saturated rings. The number of rotatable bonds is 3. The Labute approximate surface area is 115 Å². The molecule has 0 amide bonds. The van der Waals surface area contributed by atoms with Gasteiger partial charge in [-0.3, -0.25) is 4.98 Å². The van der Waals surface area contributed by atoms with Gasteiger partial charge in [0.05, 0.1) is 11.4 Å². The van der Waals surface area contributed by atoms with Crippen LogP contribution in [0.3, 0.4) is 0 Å². The molecule has 2 heterocycles. The van der Waals surface area contributed by atoms with Crippen LogP contribution < -0.4 is 4.74 Å². The first kappa shape index (κ1) is 11.9. The van der Waals surface area contributed by atoms with Crippen LogP contribution in [0.2, 0.25) is 0 Å². The summed E-state index contributed by atoms with van der Waals surface area (Å²) < 4.78 is 5.58. The summed E-state index contributed by atoms with van der Waals surface area (Å²) in [4.78, 5) is 12.4. The number of pyridine rings is 1. The molecule has 3 rings (SSSR count). The average molecular weight is 272 g/mol. The molecule has 0 atom stereocenters. The van der Waals surface area contributed by atoms with Gasteiger partial charge < -0.3 is 4.74 Å². The van der Waals surface area contributed by atoms with E-state index in [4.69, 9.17) is 16.3 Å². The summed E-state index contributed by atoms with van der Waals surface area (Å²) >= 11 is 5.68. The number of hydrogen-bond donors (Lipinski definition) is 0. The molecule has 0 spiro atoms. The minimum atomic E-state index is 0.296. The average Bonchev–Trinajstić information content (AvgIpc) is 2.48. The summed E-state index contributed by atoms with van der Waals surface area (Å²) in [6.07, 6.45) is 5.04. The molecule has 0 aliphatic heterocycles. The number of nitrogens with zero attached hydrogens (tertiary/aromatic N) is 3. The van der Waals surface area contributed by atoms with Gasteiger partial charge in [0, 0.05) is 35.6 Å². The number of hydrogen-bond acceptors (Lipinski definition) is 4. The normalized spacial score (nSPS) is 10.6. The van der Waals surface area contributed by atoms with Gasteiger partial charge in [0.1, 0.15) is 5.75 Å². The maximum Gasteiger partial charge on any atom is 0.321 e. The fourth-order valence-corrected chi connectivity index (χ4v) is 1.82. The topological polar surface area (TPSA) is 47.9 Å².